The second-order valence-electron chi connectivity index (χ2n) is 16.9. The van der Waals surface area contributed by atoms with Gasteiger partial charge in [0.15, 0.2) is 5.82 Å². The van der Waals surface area contributed by atoms with Crippen LogP contribution in [0.2, 0.25) is 0 Å². The normalized spacial score (nSPS) is 11.6. The van der Waals surface area contributed by atoms with E-state index in [2.05, 4.69) is 223 Å². The largest absolute Gasteiger partial charge is 0.456 e. The first-order chi connectivity index (χ1) is 32.7. The molecule has 0 bridgehead atoms. The molecule has 0 spiro atoms. The molecule has 0 aliphatic heterocycles. The SMILES string of the molecule is c1ccc(-c2c3ccccc3c(-c3ccc(-c4cc(-c5ccc(-c6cc7ccccc7o6)cc5)nc(-c5ccccc5-n5c6ccccc6c6ccccc65)n4)cc3)c3ccccc23)cc1. The molecule has 0 unspecified atom stereocenters. The number of benzene rings is 10. The van der Waals surface area contributed by atoms with Crippen LogP contribution >= 0.6 is 0 Å². The minimum absolute atomic E-state index is 0.652. The maximum atomic E-state index is 6.25. The molecule has 13 rings (SSSR count). The Labute approximate surface area is 381 Å². The average molecular weight is 842 g/mol. The molecule has 0 aliphatic carbocycles. The van der Waals surface area contributed by atoms with Crippen molar-refractivity contribution in [2.24, 2.45) is 0 Å². The maximum Gasteiger partial charge on any atom is 0.162 e. The predicted octanol–water partition coefficient (Wildman–Crippen LogP) is 16.6. The summed E-state index contributed by atoms with van der Waals surface area (Å²) < 4.78 is 8.60. The van der Waals surface area contributed by atoms with Gasteiger partial charge in [-0.05, 0) is 86.3 Å². The molecule has 4 nitrogen and oxygen atoms in total. The van der Waals surface area contributed by atoms with Crippen LogP contribution in [0.3, 0.4) is 0 Å². The van der Waals surface area contributed by atoms with Gasteiger partial charge in [0, 0.05) is 38.4 Å². The Bertz CT molecular complexity index is 3830. The number of rotatable bonds is 7. The van der Waals surface area contributed by atoms with Crippen LogP contribution in [-0.2, 0) is 0 Å². The van der Waals surface area contributed by atoms with Crippen molar-refractivity contribution in [3.8, 4) is 73.2 Å². The van der Waals surface area contributed by atoms with Crippen molar-refractivity contribution < 1.29 is 4.42 Å². The van der Waals surface area contributed by atoms with Crippen molar-refractivity contribution in [2.75, 3.05) is 0 Å². The summed E-state index contributed by atoms with van der Waals surface area (Å²) in [5, 5.41) is 8.42. The molecule has 0 aliphatic rings. The van der Waals surface area contributed by atoms with Crippen molar-refractivity contribution in [1.82, 2.24) is 14.5 Å². The number of hydrogen-bond acceptors (Lipinski definition) is 3. The molecule has 0 amide bonds. The zero-order chi connectivity index (χ0) is 43.6. The van der Waals surface area contributed by atoms with Crippen molar-refractivity contribution in [3.05, 3.63) is 237 Å². The van der Waals surface area contributed by atoms with E-state index in [1.807, 2.05) is 18.2 Å². The van der Waals surface area contributed by atoms with Gasteiger partial charge in [-0.3, -0.25) is 0 Å². The molecule has 66 heavy (non-hydrogen) atoms. The van der Waals surface area contributed by atoms with Crippen molar-refractivity contribution >= 4 is 54.3 Å². The standard InChI is InChI=1S/C62H39N3O/c1-2-16-43(17-3-1)60-48-21-5-7-23-50(48)61(51-24-8-6-22-49(51)60)44-36-32-41(33-37-44)54-39-53(40-30-34-42(35-31-40)59-38-45-18-4-15-29-58(45)66-59)63-62(64-54)52-25-11-14-28-57(52)65-55-26-12-9-19-46(55)47-20-10-13-27-56(47)65/h1-39H. The topological polar surface area (TPSA) is 43.9 Å². The van der Waals surface area contributed by atoms with Gasteiger partial charge in [-0.15, -0.1) is 0 Å². The molecule has 3 aromatic heterocycles. The van der Waals surface area contributed by atoms with Crippen LogP contribution in [-0.4, -0.2) is 14.5 Å². The summed E-state index contributed by atoms with van der Waals surface area (Å²) in [6.45, 7) is 0. The molecular weight excluding hydrogens is 803 g/mol. The summed E-state index contributed by atoms with van der Waals surface area (Å²) in [6, 6.07) is 83.9. The highest BCUT2D eigenvalue weighted by molar-refractivity contribution is 6.21. The molecule has 0 atom stereocenters. The van der Waals surface area contributed by atoms with Crippen molar-refractivity contribution in [2.45, 2.75) is 0 Å². The zero-order valence-electron chi connectivity index (χ0n) is 35.8. The van der Waals surface area contributed by atoms with Gasteiger partial charge in [-0.25, -0.2) is 9.97 Å². The smallest absolute Gasteiger partial charge is 0.162 e. The van der Waals surface area contributed by atoms with E-state index < -0.39 is 0 Å². The van der Waals surface area contributed by atoms with E-state index in [4.69, 9.17) is 14.4 Å². The number of aromatic nitrogens is 3. The predicted molar refractivity (Wildman–Crippen MR) is 274 cm³/mol. The summed E-state index contributed by atoms with van der Waals surface area (Å²) in [4.78, 5) is 10.8. The number of hydrogen-bond donors (Lipinski definition) is 0. The molecule has 308 valence electrons. The van der Waals surface area contributed by atoms with E-state index in [1.165, 1.54) is 49.0 Å². The van der Waals surface area contributed by atoms with Gasteiger partial charge < -0.3 is 8.98 Å². The second kappa shape index (κ2) is 15.4. The second-order valence-corrected chi connectivity index (χ2v) is 16.9. The Morgan fingerprint density at radius 3 is 1.35 bits per heavy atom. The van der Waals surface area contributed by atoms with Crippen LogP contribution in [0.5, 0.6) is 0 Å². The molecule has 3 heterocycles. The van der Waals surface area contributed by atoms with Gasteiger partial charge >= 0.3 is 0 Å². The third kappa shape index (κ3) is 6.22. The highest BCUT2D eigenvalue weighted by Crippen LogP contribution is 2.44. The average Bonchev–Trinajstić information content (AvgIpc) is 3.98. The molecule has 0 radical (unpaired) electrons. The fraction of sp³-hybridized carbons (Fsp3) is 0. The Morgan fingerprint density at radius 1 is 0.333 bits per heavy atom. The lowest BCUT2D eigenvalue weighted by Gasteiger charge is -2.18. The van der Waals surface area contributed by atoms with Gasteiger partial charge in [0.25, 0.3) is 0 Å². The summed E-state index contributed by atoms with van der Waals surface area (Å²) >= 11 is 0. The molecule has 0 saturated heterocycles. The van der Waals surface area contributed by atoms with Crippen molar-refractivity contribution in [3.63, 3.8) is 0 Å². The summed E-state index contributed by atoms with van der Waals surface area (Å²) in [7, 11) is 0. The Balaban J connectivity index is 0.976. The lowest BCUT2D eigenvalue weighted by atomic mass is 9.86. The van der Waals surface area contributed by atoms with E-state index >= 15 is 0 Å². The van der Waals surface area contributed by atoms with Gasteiger partial charge in [-0.2, -0.15) is 0 Å². The van der Waals surface area contributed by atoms with E-state index in [0.717, 1.165) is 72.7 Å². The van der Waals surface area contributed by atoms with Gasteiger partial charge in [0.2, 0.25) is 0 Å². The van der Waals surface area contributed by atoms with Gasteiger partial charge in [0.1, 0.15) is 11.3 Å². The summed E-state index contributed by atoms with van der Waals surface area (Å²) in [5.74, 6) is 1.49. The highest BCUT2D eigenvalue weighted by Gasteiger charge is 2.20. The fourth-order valence-electron chi connectivity index (χ4n) is 10.00. The van der Waals surface area contributed by atoms with Gasteiger partial charge in [0.05, 0.1) is 28.1 Å². The highest BCUT2D eigenvalue weighted by atomic mass is 16.3. The van der Waals surface area contributed by atoms with E-state index in [-0.39, 0.29) is 0 Å². The van der Waals surface area contributed by atoms with Gasteiger partial charge in [-0.1, -0.05) is 194 Å². The van der Waals surface area contributed by atoms with Crippen LogP contribution in [0.15, 0.2) is 241 Å². The van der Waals surface area contributed by atoms with Crippen molar-refractivity contribution in [1.29, 1.82) is 0 Å². The zero-order valence-corrected chi connectivity index (χ0v) is 35.8. The van der Waals surface area contributed by atoms with Crippen LogP contribution in [0.1, 0.15) is 0 Å². The first kappa shape index (κ1) is 37.7. The Hall–Kier alpha value is -8.86. The molecule has 0 N–H and O–H groups in total. The summed E-state index contributed by atoms with van der Waals surface area (Å²) in [5.41, 5.74) is 14.6. The molecule has 13 aromatic rings. The lowest BCUT2D eigenvalue weighted by Crippen LogP contribution is -2.01. The monoisotopic (exact) mass is 841 g/mol. The molecular formula is C62H39N3O. The molecule has 4 heteroatoms. The first-order valence-corrected chi connectivity index (χ1v) is 22.4. The minimum atomic E-state index is 0.652. The van der Waals surface area contributed by atoms with E-state index in [9.17, 15) is 0 Å². The quantitative estimate of drug-likeness (QED) is 0.150. The third-order valence-electron chi connectivity index (χ3n) is 13.0. The molecule has 10 aromatic carbocycles. The lowest BCUT2D eigenvalue weighted by molar-refractivity contribution is 0.631. The number of fused-ring (bicyclic) bond motifs is 6. The maximum absolute atomic E-state index is 6.25. The first-order valence-electron chi connectivity index (χ1n) is 22.4. The van der Waals surface area contributed by atoms with Crippen LogP contribution in [0, 0.1) is 0 Å². The minimum Gasteiger partial charge on any atom is -0.456 e. The van der Waals surface area contributed by atoms with Crippen LogP contribution in [0.25, 0.3) is 127 Å². The summed E-state index contributed by atoms with van der Waals surface area (Å²) in [6.07, 6.45) is 0. The van der Waals surface area contributed by atoms with Crippen LogP contribution in [0.4, 0.5) is 0 Å². The third-order valence-corrected chi connectivity index (χ3v) is 13.0. The molecule has 0 saturated carbocycles. The number of para-hydroxylation sites is 4. The molecule has 0 fully saturated rings. The van der Waals surface area contributed by atoms with Crippen LogP contribution < -0.4 is 0 Å². The number of nitrogens with zero attached hydrogens (tertiary/aromatic N) is 3. The van der Waals surface area contributed by atoms with E-state index in [0.29, 0.717) is 5.82 Å². The number of furan rings is 1. The fourth-order valence-corrected chi connectivity index (χ4v) is 10.00. The van der Waals surface area contributed by atoms with E-state index in [1.54, 1.807) is 0 Å². The Morgan fingerprint density at radius 2 is 0.773 bits per heavy atom. The Kier molecular flexibility index (Phi) is 8.81.